The Morgan fingerprint density at radius 1 is 1.50 bits per heavy atom. The molecule has 5 heteroatoms. The first kappa shape index (κ1) is 15.3. The number of hydrogen-bond donors (Lipinski definition) is 2. The number of carbonyl (C=O) groups is 1. The number of carboxylic acid groups (broad SMARTS) is 1. The molecule has 0 radical (unpaired) electrons. The van der Waals surface area contributed by atoms with Gasteiger partial charge in [-0.1, -0.05) is 36.7 Å². The van der Waals surface area contributed by atoms with Gasteiger partial charge in [0.15, 0.2) is 0 Å². The molecule has 0 aliphatic heterocycles. The highest BCUT2D eigenvalue weighted by Gasteiger charge is 2.16. The molecule has 0 heterocycles. The molecule has 3 nitrogen and oxygen atoms in total. The van der Waals surface area contributed by atoms with Crippen molar-refractivity contribution in [1.82, 2.24) is 5.32 Å². The van der Waals surface area contributed by atoms with Crippen LogP contribution in [0.1, 0.15) is 18.9 Å². The van der Waals surface area contributed by atoms with Gasteiger partial charge in [-0.05, 0) is 24.6 Å². The smallest absolute Gasteiger partial charge is 0.321 e. The van der Waals surface area contributed by atoms with Crippen LogP contribution in [0.4, 0.5) is 0 Å². The van der Waals surface area contributed by atoms with Gasteiger partial charge in [0.2, 0.25) is 0 Å². The number of nitrogens with one attached hydrogen (secondary N) is 1. The lowest BCUT2D eigenvalue weighted by Crippen LogP contribution is -2.39. The van der Waals surface area contributed by atoms with Crippen LogP contribution in [0.5, 0.6) is 0 Å². The number of hydrogen-bond acceptors (Lipinski definition) is 3. The van der Waals surface area contributed by atoms with Crippen LogP contribution in [0, 0.1) is 0 Å². The quantitative estimate of drug-likeness (QED) is 0.772. The van der Waals surface area contributed by atoms with Crippen molar-refractivity contribution in [3.8, 4) is 0 Å². The second-order valence-corrected chi connectivity index (χ2v) is 5.39. The zero-order valence-electron chi connectivity index (χ0n) is 10.4. The molecule has 0 amide bonds. The number of benzene rings is 1. The molecule has 0 spiro atoms. The third-order valence-corrected chi connectivity index (χ3v) is 3.89. The van der Waals surface area contributed by atoms with Gasteiger partial charge in [-0.2, -0.15) is 11.8 Å². The fourth-order valence-corrected chi connectivity index (χ4v) is 2.81. The fraction of sp³-hybridized carbons (Fsp3) is 0.462. The second kappa shape index (κ2) is 8.40. The van der Waals surface area contributed by atoms with Crippen LogP contribution in [-0.2, 0) is 10.5 Å². The highest BCUT2D eigenvalue weighted by Crippen LogP contribution is 2.21. The average Bonchev–Trinajstić information content (AvgIpc) is 2.35. The molecule has 1 rings (SSSR count). The van der Waals surface area contributed by atoms with E-state index in [1.54, 1.807) is 11.8 Å². The van der Waals surface area contributed by atoms with Crippen LogP contribution in [0.25, 0.3) is 0 Å². The van der Waals surface area contributed by atoms with E-state index in [4.69, 9.17) is 16.7 Å². The van der Waals surface area contributed by atoms with E-state index in [2.05, 4.69) is 5.32 Å². The van der Waals surface area contributed by atoms with Crippen LogP contribution >= 0.6 is 23.4 Å². The summed E-state index contributed by atoms with van der Waals surface area (Å²) in [4.78, 5) is 11.0. The maximum absolute atomic E-state index is 11.0. The second-order valence-electron chi connectivity index (χ2n) is 3.95. The zero-order chi connectivity index (χ0) is 13.4. The first-order valence-electron chi connectivity index (χ1n) is 5.92. The Bertz CT molecular complexity index is 387. The van der Waals surface area contributed by atoms with Gasteiger partial charge in [-0.25, -0.2) is 0 Å². The highest BCUT2D eigenvalue weighted by molar-refractivity contribution is 7.98. The Morgan fingerprint density at radius 3 is 2.83 bits per heavy atom. The number of halogens is 1. The first-order valence-corrected chi connectivity index (χ1v) is 7.45. The van der Waals surface area contributed by atoms with Crippen LogP contribution in [0.2, 0.25) is 5.02 Å². The van der Waals surface area contributed by atoms with Crippen LogP contribution in [-0.4, -0.2) is 29.4 Å². The Hall–Kier alpha value is -0.710. The molecule has 1 aromatic carbocycles. The topological polar surface area (TPSA) is 49.3 Å². The van der Waals surface area contributed by atoms with E-state index < -0.39 is 12.0 Å². The van der Waals surface area contributed by atoms with Crippen molar-refractivity contribution in [2.45, 2.75) is 25.1 Å². The highest BCUT2D eigenvalue weighted by atomic mass is 35.5. The number of aliphatic carboxylic acids is 1. The van der Waals surface area contributed by atoms with Crippen molar-refractivity contribution in [1.29, 1.82) is 0 Å². The Kier molecular flexibility index (Phi) is 7.16. The van der Waals surface area contributed by atoms with Crippen molar-refractivity contribution in [3.63, 3.8) is 0 Å². The van der Waals surface area contributed by atoms with Crippen LogP contribution in [0.3, 0.4) is 0 Å². The minimum Gasteiger partial charge on any atom is -0.480 e. The lowest BCUT2D eigenvalue weighted by Gasteiger charge is -2.13. The summed E-state index contributed by atoms with van der Waals surface area (Å²) < 4.78 is 0. The van der Waals surface area contributed by atoms with Gasteiger partial charge >= 0.3 is 5.97 Å². The lowest BCUT2D eigenvalue weighted by molar-refractivity contribution is -0.138. The van der Waals surface area contributed by atoms with Crippen molar-refractivity contribution in [3.05, 3.63) is 34.9 Å². The van der Waals surface area contributed by atoms with Gasteiger partial charge in [0.1, 0.15) is 6.04 Å². The summed E-state index contributed by atoms with van der Waals surface area (Å²) in [7, 11) is 0. The van der Waals surface area contributed by atoms with E-state index >= 15 is 0 Å². The number of rotatable bonds is 8. The number of thioether (sulfide) groups is 1. The molecule has 1 atom stereocenters. The molecule has 1 unspecified atom stereocenters. The maximum Gasteiger partial charge on any atom is 0.321 e. The normalized spacial score (nSPS) is 12.3. The fourth-order valence-electron chi connectivity index (χ4n) is 1.44. The molecule has 0 bridgehead atoms. The monoisotopic (exact) mass is 287 g/mol. The van der Waals surface area contributed by atoms with Gasteiger partial charge < -0.3 is 10.4 Å². The summed E-state index contributed by atoms with van der Waals surface area (Å²) in [5.74, 6) is 0.479. The predicted octanol–water partition coefficient (Wildman–Crippen LogP) is 3.03. The van der Waals surface area contributed by atoms with E-state index in [1.807, 2.05) is 31.2 Å². The lowest BCUT2D eigenvalue weighted by atomic mass is 10.2. The van der Waals surface area contributed by atoms with Crippen molar-refractivity contribution < 1.29 is 9.90 Å². The summed E-state index contributed by atoms with van der Waals surface area (Å²) in [6.07, 6.45) is 0.930. The molecule has 0 aliphatic rings. The molecule has 0 saturated heterocycles. The predicted molar refractivity (Wildman–Crippen MR) is 77.3 cm³/mol. The Labute approximate surface area is 117 Å². The van der Waals surface area contributed by atoms with Gasteiger partial charge in [-0.3, -0.25) is 4.79 Å². The van der Waals surface area contributed by atoms with Crippen molar-refractivity contribution in [2.24, 2.45) is 0 Å². The van der Waals surface area contributed by atoms with E-state index in [-0.39, 0.29) is 0 Å². The molecular formula is C13H18ClNO2S. The number of carboxylic acids is 1. The average molecular weight is 288 g/mol. The van der Waals surface area contributed by atoms with Crippen LogP contribution < -0.4 is 5.32 Å². The van der Waals surface area contributed by atoms with Gasteiger partial charge in [-0.15, -0.1) is 0 Å². The van der Waals surface area contributed by atoms with Crippen molar-refractivity contribution >= 4 is 29.3 Å². The summed E-state index contributed by atoms with van der Waals surface area (Å²) in [6, 6.07) is 7.15. The molecule has 18 heavy (non-hydrogen) atoms. The minimum atomic E-state index is -0.796. The minimum absolute atomic E-state index is 0.488. The molecule has 0 aliphatic carbocycles. The van der Waals surface area contributed by atoms with Gasteiger partial charge in [0.05, 0.1) is 0 Å². The summed E-state index contributed by atoms with van der Waals surface area (Å²) >= 11 is 7.62. The van der Waals surface area contributed by atoms with Crippen LogP contribution in [0.15, 0.2) is 24.3 Å². The van der Waals surface area contributed by atoms with Gasteiger partial charge in [0.25, 0.3) is 0 Å². The molecular weight excluding hydrogens is 270 g/mol. The third kappa shape index (κ3) is 5.29. The van der Waals surface area contributed by atoms with Gasteiger partial charge in [0, 0.05) is 16.5 Å². The van der Waals surface area contributed by atoms with E-state index in [9.17, 15) is 4.79 Å². The molecule has 1 aromatic rings. The first-order chi connectivity index (χ1) is 8.65. The molecule has 0 saturated carbocycles. The van der Waals surface area contributed by atoms with E-state index in [0.29, 0.717) is 5.75 Å². The largest absolute Gasteiger partial charge is 0.480 e. The zero-order valence-corrected chi connectivity index (χ0v) is 11.9. The third-order valence-electron chi connectivity index (χ3n) is 2.44. The van der Waals surface area contributed by atoms with E-state index in [0.717, 1.165) is 29.3 Å². The molecule has 2 N–H and O–H groups in total. The summed E-state index contributed by atoms with van der Waals surface area (Å²) in [6.45, 7) is 2.74. The SMILES string of the molecule is CCCNC(CSCc1ccccc1Cl)C(=O)O. The molecule has 0 aromatic heterocycles. The Balaban J connectivity index is 2.39. The summed E-state index contributed by atoms with van der Waals surface area (Å²) in [5.41, 5.74) is 1.05. The van der Waals surface area contributed by atoms with E-state index in [1.165, 1.54) is 0 Å². The summed E-state index contributed by atoms with van der Waals surface area (Å²) in [5, 5.41) is 12.8. The Morgan fingerprint density at radius 2 is 2.22 bits per heavy atom. The van der Waals surface area contributed by atoms with Crippen molar-refractivity contribution in [2.75, 3.05) is 12.3 Å². The molecule has 100 valence electrons. The molecule has 0 fully saturated rings. The maximum atomic E-state index is 11.0. The standard InChI is InChI=1S/C13H18ClNO2S/c1-2-7-15-12(13(16)17)9-18-8-10-5-3-4-6-11(10)14/h3-6,12,15H,2,7-9H2,1H3,(H,16,17).